The maximum absolute atomic E-state index is 9.94. The van der Waals surface area contributed by atoms with Crippen molar-refractivity contribution in [3.63, 3.8) is 0 Å². The SMILES string of the molecule is CCNC(=NCC1CCCC1O)NC1CN(C2CC2)CC1C. The van der Waals surface area contributed by atoms with Crippen molar-refractivity contribution >= 4 is 5.96 Å². The highest BCUT2D eigenvalue weighted by Gasteiger charge is 2.38. The summed E-state index contributed by atoms with van der Waals surface area (Å²) >= 11 is 0. The van der Waals surface area contributed by atoms with Gasteiger partial charge in [-0.25, -0.2) is 0 Å². The van der Waals surface area contributed by atoms with E-state index in [0.717, 1.165) is 50.9 Å². The van der Waals surface area contributed by atoms with Crippen LogP contribution >= 0.6 is 0 Å². The Labute approximate surface area is 134 Å². The number of aliphatic imine (C=N–C) groups is 1. The molecule has 4 atom stereocenters. The maximum Gasteiger partial charge on any atom is 0.191 e. The zero-order valence-electron chi connectivity index (χ0n) is 14.1. The molecule has 5 nitrogen and oxygen atoms in total. The van der Waals surface area contributed by atoms with Crippen LogP contribution in [-0.2, 0) is 0 Å². The fourth-order valence-electron chi connectivity index (χ4n) is 3.86. The lowest BCUT2D eigenvalue weighted by atomic mass is 10.1. The highest BCUT2D eigenvalue weighted by atomic mass is 16.3. The molecular formula is C17H32N4O. The van der Waals surface area contributed by atoms with E-state index in [4.69, 9.17) is 4.99 Å². The molecule has 5 heteroatoms. The van der Waals surface area contributed by atoms with E-state index in [9.17, 15) is 5.11 Å². The van der Waals surface area contributed by atoms with Crippen molar-refractivity contribution in [2.45, 2.75) is 64.1 Å². The number of hydrogen-bond acceptors (Lipinski definition) is 3. The molecule has 3 aliphatic rings. The van der Waals surface area contributed by atoms with Gasteiger partial charge in [-0.05, 0) is 38.5 Å². The van der Waals surface area contributed by atoms with Gasteiger partial charge in [0, 0.05) is 44.2 Å². The van der Waals surface area contributed by atoms with Crippen molar-refractivity contribution < 1.29 is 5.11 Å². The predicted octanol–water partition coefficient (Wildman–Crippen LogP) is 1.19. The standard InChI is InChI=1S/C17H32N4O/c1-3-18-17(19-9-13-5-4-6-16(13)22)20-15-11-21(10-12(15)2)14-7-8-14/h12-16,22H,3-11H2,1-2H3,(H2,18,19,20). The number of nitrogens with one attached hydrogen (secondary N) is 2. The average molecular weight is 308 g/mol. The molecule has 22 heavy (non-hydrogen) atoms. The summed E-state index contributed by atoms with van der Waals surface area (Å²) in [5.41, 5.74) is 0. The van der Waals surface area contributed by atoms with Gasteiger partial charge in [0.1, 0.15) is 0 Å². The molecule has 0 spiro atoms. The Balaban J connectivity index is 1.53. The summed E-state index contributed by atoms with van der Waals surface area (Å²) in [5.74, 6) is 1.94. The summed E-state index contributed by atoms with van der Waals surface area (Å²) in [4.78, 5) is 7.38. The van der Waals surface area contributed by atoms with Crippen molar-refractivity contribution in [2.24, 2.45) is 16.8 Å². The third kappa shape index (κ3) is 3.93. The molecule has 1 aliphatic heterocycles. The van der Waals surface area contributed by atoms with Crippen molar-refractivity contribution in [1.29, 1.82) is 0 Å². The molecule has 126 valence electrons. The van der Waals surface area contributed by atoms with Gasteiger partial charge in [-0.15, -0.1) is 0 Å². The Hall–Kier alpha value is -0.810. The first-order valence-electron chi connectivity index (χ1n) is 9.14. The number of nitrogens with zero attached hydrogens (tertiary/aromatic N) is 2. The summed E-state index contributed by atoms with van der Waals surface area (Å²) in [6, 6.07) is 1.34. The normalized spacial score (nSPS) is 36.8. The van der Waals surface area contributed by atoms with Gasteiger partial charge in [0.25, 0.3) is 0 Å². The Bertz CT molecular complexity index is 396. The number of guanidine groups is 1. The van der Waals surface area contributed by atoms with E-state index in [2.05, 4.69) is 29.4 Å². The van der Waals surface area contributed by atoms with E-state index >= 15 is 0 Å². The maximum atomic E-state index is 9.94. The van der Waals surface area contributed by atoms with Crippen LogP contribution in [0.1, 0.15) is 46.0 Å². The van der Waals surface area contributed by atoms with E-state index in [1.54, 1.807) is 0 Å². The second-order valence-corrected chi connectivity index (χ2v) is 7.39. The van der Waals surface area contributed by atoms with Crippen LogP contribution in [0, 0.1) is 11.8 Å². The second-order valence-electron chi connectivity index (χ2n) is 7.39. The summed E-state index contributed by atoms with van der Waals surface area (Å²) in [7, 11) is 0. The van der Waals surface area contributed by atoms with Gasteiger partial charge < -0.3 is 15.7 Å². The lowest BCUT2D eigenvalue weighted by Gasteiger charge is -2.21. The van der Waals surface area contributed by atoms with Crippen LogP contribution in [0.5, 0.6) is 0 Å². The highest BCUT2D eigenvalue weighted by molar-refractivity contribution is 5.80. The molecule has 0 bridgehead atoms. The third-order valence-electron chi connectivity index (χ3n) is 5.47. The van der Waals surface area contributed by atoms with Crippen molar-refractivity contribution in [2.75, 3.05) is 26.2 Å². The Morgan fingerprint density at radius 3 is 2.68 bits per heavy atom. The first-order valence-corrected chi connectivity index (χ1v) is 9.14. The molecule has 4 unspecified atom stereocenters. The molecule has 0 aromatic carbocycles. The van der Waals surface area contributed by atoms with Gasteiger partial charge in [0.15, 0.2) is 5.96 Å². The third-order valence-corrected chi connectivity index (χ3v) is 5.47. The van der Waals surface area contributed by atoms with Crippen molar-refractivity contribution in [3.05, 3.63) is 0 Å². The topological polar surface area (TPSA) is 59.9 Å². The van der Waals surface area contributed by atoms with Crippen LogP contribution in [0.3, 0.4) is 0 Å². The Morgan fingerprint density at radius 1 is 1.23 bits per heavy atom. The monoisotopic (exact) mass is 308 g/mol. The number of likely N-dealkylation sites (tertiary alicyclic amines) is 1. The Kier molecular flexibility index (Phi) is 5.24. The molecule has 0 aromatic heterocycles. The molecule has 2 saturated carbocycles. The van der Waals surface area contributed by atoms with E-state index < -0.39 is 0 Å². The molecule has 3 rings (SSSR count). The zero-order chi connectivity index (χ0) is 15.5. The van der Waals surface area contributed by atoms with Gasteiger partial charge >= 0.3 is 0 Å². The molecular weight excluding hydrogens is 276 g/mol. The number of aliphatic hydroxyl groups is 1. The highest BCUT2D eigenvalue weighted by Crippen LogP contribution is 2.31. The lowest BCUT2D eigenvalue weighted by molar-refractivity contribution is 0.136. The van der Waals surface area contributed by atoms with Gasteiger partial charge in [0.05, 0.1) is 6.10 Å². The molecule has 0 amide bonds. The van der Waals surface area contributed by atoms with E-state index in [0.29, 0.717) is 17.9 Å². The van der Waals surface area contributed by atoms with Crippen LogP contribution in [-0.4, -0.2) is 60.3 Å². The van der Waals surface area contributed by atoms with E-state index in [-0.39, 0.29) is 6.10 Å². The molecule has 0 aromatic rings. The van der Waals surface area contributed by atoms with Crippen molar-refractivity contribution in [1.82, 2.24) is 15.5 Å². The molecule has 1 saturated heterocycles. The van der Waals surface area contributed by atoms with Crippen LogP contribution in [0.4, 0.5) is 0 Å². The minimum absolute atomic E-state index is 0.151. The summed E-state index contributed by atoms with van der Waals surface area (Å²) < 4.78 is 0. The van der Waals surface area contributed by atoms with E-state index in [1.807, 2.05) is 0 Å². The minimum atomic E-state index is -0.151. The van der Waals surface area contributed by atoms with Crippen LogP contribution < -0.4 is 10.6 Å². The minimum Gasteiger partial charge on any atom is -0.393 e. The quantitative estimate of drug-likeness (QED) is 0.527. The molecule has 1 heterocycles. The van der Waals surface area contributed by atoms with Crippen LogP contribution in [0.15, 0.2) is 4.99 Å². The van der Waals surface area contributed by atoms with E-state index in [1.165, 1.54) is 19.4 Å². The number of aliphatic hydroxyl groups excluding tert-OH is 1. The lowest BCUT2D eigenvalue weighted by Crippen LogP contribution is -2.47. The molecule has 3 N–H and O–H groups in total. The van der Waals surface area contributed by atoms with Crippen molar-refractivity contribution in [3.8, 4) is 0 Å². The van der Waals surface area contributed by atoms with Gasteiger partial charge in [0.2, 0.25) is 0 Å². The zero-order valence-corrected chi connectivity index (χ0v) is 14.1. The van der Waals surface area contributed by atoms with Gasteiger partial charge in [-0.2, -0.15) is 0 Å². The summed E-state index contributed by atoms with van der Waals surface area (Å²) in [6.07, 6.45) is 5.81. The fourth-order valence-corrected chi connectivity index (χ4v) is 3.86. The summed E-state index contributed by atoms with van der Waals surface area (Å²) in [6.45, 7) is 8.42. The largest absolute Gasteiger partial charge is 0.393 e. The van der Waals surface area contributed by atoms with Crippen LogP contribution in [0.2, 0.25) is 0 Å². The first kappa shape index (κ1) is 16.1. The van der Waals surface area contributed by atoms with Gasteiger partial charge in [-0.3, -0.25) is 9.89 Å². The summed E-state index contributed by atoms with van der Waals surface area (Å²) in [5, 5.41) is 16.9. The second kappa shape index (κ2) is 7.18. The first-order chi connectivity index (χ1) is 10.7. The predicted molar refractivity (Wildman–Crippen MR) is 90.0 cm³/mol. The average Bonchev–Trinajstić information content (AvgIpc) is 3.17. The Morgan fingerprint density at radius 2 is 2.05 bits per heavy atom. The van der Waals surface area contributed by atoms with Gasteiger partial charge in [-0.1, -0.05) is 13.3 Å². The smallest absolute Gasteiger partial charge is 0.191 e. The fraction of sp³-hybridized carbons (Fsp3) is 0.941. The van der Waals surface area contributed by atoms with Crippen LogP contribution in [0.25, 0.3) is 0 Å². The molecule has 0 radical (unpaired) electrons. The molecule has 3 fully saturated rings. The number of hydrogen-bond donors (Lipinski definition) is 3. The number of rotatable bonds is 5. The molecule has 2 aliphatic carbocycles.